The first-order valence-corrected chi connectivity index (χ1v) is 19.7. The van der Waals surface area contributed by atoms with Gasteiger partial charge in [0.1, 0.15) is 12.3 Å². The molecule has 1 saturated heterocycles. The fourth-order valence-electron chi connectivity index (χ4n) is 4.26. The average Bonchev–Trinajstić information content (AvgIpc) is 3.40. The number of hydrogen-bond acceptors (Lipinski definition) is 9. The van der Waals surface area contributed by atoms with Gasteiger partial charge in [-0.25, -0.2) is 19.1 Å². The number of likely N-dealkylation sites (tertiary alicyclic amines) is 1. The lowest BCUT2D eigenvalue weighted by atomic mass is 10.0. The monoisotopic (exact) mass is 651 g/mol. The third-order valence-electron chi connectivity index (χ3n) is 6.64. The first kappa shape index (κ1) is 34.1. The van der Waals surface area contributed by atoms with Gasteiger partial charge < -0.3 is 19.3 Å². The Morgan fingerprint density at radius 3 is 2.33 bits per heavy atom. The van der Waals surface area contributed by atoms with Crippen LogP contribution in [0.15, 0.2) is 28.2 Å². The van der Waals surface area contributed by atoms with Crippen LogP contribution in [0.25, 0.3) is 0 Å². The molecule has 0 spiro atoms. The van der Waals surface area contributed by atoms with Crippen molar-refractivity contribution in [3.63, 3.8) is 0 Å². The molecule has 1 fully saturated rings. The first-order chi connectivity index (χ1) is 19.3. The number of thiazole rings is 1. The molecule has 0 bridgehead atoms. The molecule has 2 aromatic rings. The van der Waals surface area contributed by atoms with Gasteiger partial charge in [-0.05, 0) is 45.7 Å². The number of anilines is 2. The number of carbonyl (C=O) groups is 1. The molecule has 2 aromatic heterocycles. The third-order valence-corrected chi connectivity index (χ3v) is 10.5. The predicted molar refractivity (Wildman–Crippen MR) is 159 cm³/mol. The van der Waals surface area contributed by atoms with E-state index in [2.05, 4.69) is 29.6 Å². The summed E-state index contributed by atoms with van der Waals surface area (Å²) in [5.41, 5.74) is -0.592. The van der Waals surface area contributed by atoms with Gasteiger partial charge in [-0.1, -0.05) is 19.6 Å². The van der Waals surface area contributed by atoms with Crippen LogP contribution in [0.3, 0.4) is 0 Å². The van der Waals surface area contributed by atoms with Gasteiger partial charge in [-0.2, -0.15) is 21.6 Å². The Kier molecular flexibility index (Phi) is 10.6. The minimum Gasteiger partial charge on any atom is -0.444 e. The normalized spacial score (nSPS) is 15.5. The molecule has 16 heteroatoms. The second-order valence-electron chi connectivity index (χ2n) is 12.4. The number of aromatic nitrogens is 2. The second-order valence-corrected chi connectivity index (χ2v) is 20.5. The van der Waals surface area contributed by atoms with E-state index in [0.717, 1.165) is 27.9 Å². The van der Waals surface area contributed by atoms with Crippen LogP contribution in [0, 0.1) is 0 Å². The maximum absolute atomic E-state index is 14.3. The largest absolute Gasteiger partial charge is 0.444 e. The fourth-order valence-corrected chi connectivity index (χ4v) is 6.86. The van der Waals surface area contributed by atoms with Crippen molar-refractivity contribution >= 4 is 47.0 Å². The van der Waals surface area contributed by atoms with E-state index in [1.807, 2.05) is 0 Å². The molecule has 0 aromatic carbocycles. The standard InChI is InChI=1S/C26H40F3N5O5S2Si/c1-25(2,3)39-24(35)33-10-8-19(9-11-33)32(4)21-15-30-23(14-20(21)26(27,28)29)41(36,37)34(22-16-40-17-31-22)18-38-12-13-42(5,6)7/h14-17,19H,8-13,18H2,1-7H3. The molecule has 0 aliphatic carbocycles. The Morgan fingerprint density at radius 2 is 1.81 bits per heavy atom. The van der Waals surface area contributed by atoms with Crippen LogP contribution in [-0.2, 0) is 25.7 Å². The molecular weight excluding hydrogens is 612 g/mol. The number of carbonyl (C=O) groups excluding carboxylic acids is 1. The quantitative estimate of drug-likeness (QED) is 0.178. The Morgan fingerprint density at radius 1 is 1.17 bits per heavy atom. The van der Waals surface area contributed by atoms with Gasteiger partial charge in [0.2, 0.25) is 0 Å². The van der Waals surface area contributed by atoms with Crippen LogP contribution >= 0.6 is 11.3 Å². The van der Waals surface area contributed by atoms with Crippen molar-refractivity contribution in [3.8, 4) is 0 Å². The predicted octanol–water partition coefficient (Wildman–Crippen LogP) is 5.90. The van der Waals surface area contributed by atoms with Crippen LogP contribution < -0.4 is 9.21 Å². The molecule has 3 heterocycles. The summed E-state index contributed by atoms with van der Waals surface area (Å²) in [5, 5.41) is 0.726. The van der Waals surface area contributed by atoms with Gasteiger partial charge in [-0.15, -0.1) is 11.3 Å². The highest BCUT2D eigenvalue weighted by Gasteiger charge is 2.39. The lowest BCUT2D eigenvalue weighted by Gasteiger charge is -2.38. The number of alkyl halides is 3. The Hall–Kier alpha value is -2.43. The number of pyridine rings is 1. The number of amides is 1. The molecule has 10 nitrogen and oxygen atoms in total. The topological polar surface area (TPSA) is 105 Å². The van der Waals surface area contributed by atoms with Gasteiger partial charge in [0.05, 0.1) is 23.0 Å². The van der Waals surface area contributed by atoms with Crippen molar-refractivity contribution in [2.45, 2.75) is 82.1 Å². The number of sulfonamides is 1. The van der Waals surface area contributed by atoms with Gasteiger partial charge in [0.25, 0.3) is 10.0 Å². The van der Waals surface area contributed by atoms with Crippen molar-refractivity contribution in [2.75, 3.05) is 42.7 Å². The van der Waals surface area contributed by atoms with Crippen LogP contribution in [0.4, 0.5) is 29.5 Å². The lowest BCUT2D eigenvalue weighted by molar-refractivity contribution is -0.137. The summed E-state index contributed by atoms with van der Waals surface area (Å²) < 4.78 is 82.1. The summed E-state index contributed by atoms with van der Waals surface area (Å²) in [5.74, 6) is 0.0429. The number of piperidine rings is 1. The summed E-state index contributed by atoms with van der Waals surface area (Å²) in [4.78, 5) is 23.4. The van der Waals surface area contributed by atoms with E-state index in [0.29, 0.717) is 38.6 Å². The van der Waals surface area contributed by atoms with E-state index in [1.54, 1.807) is 20.8 Å². The van der Waals surface area contributed by atoms with E-state index in [-0.39, 0.29) is 17.5 Å². The van der Waals surface area contributed by atoms with Crippen LogP contribution in [0.1, 0.15) is 39.2 Å². The van der Waals surface area contributed by atoms with Crippen LogP contribution in [0.5, 0.6) is 0 Å². The minimum atomic E-state index is -4.85. The molecule has 0 unspecified atom stereocenters. The zero-order chi connectivity index (χ0) is 31.5. The number of ether oxygens (including phenoxy) is 2. The van der Waals surface area contributed by atoms with Gasteiger partial charge in [-0.3, -0.25) is 0 Å². The number of hydrogen-bond donors (Lipinski definition) is 0. The molecule has 42 heavy (non-hydrogen) atoms. The van der Waals surface area contributed by atoms with E-state index in [4.69, 9.17) is 9.47 Å². The molecule has 0 saturated carbocycles. The first-order valence-electron chi connectivity index (χ1n) is 13.6. The molecule has 3 rings (SSSR count). The van der Waals surface area contributed by atoms with E-state index < -0.39 is 53.3 Å². The van der Waals surface area contributed by atoms with Gasteiger partial charge in [0.15, 0.2) is 10.8 Å². The molecule has 1 aliphatic rings. The summed E-state index contributed by atoms with van der Waals surface area (Å²) >= 11 is 1.15. The smallest absolute Gasteiger partial charge is 0.418 e. The summed E-state index contributed by atoms with van der Waals surface area (Å²) in [7, 11) is -4.49. The summed E-state index contributed by atoms with van der Waals surface area (Å²) in [6.07, 6.45) is -3.57. The Balaban J connectivity index is 1.84. The minimum absolute atomic E-state index is 0.0429. The summed E-state index contributed by atoms with van der Waals surface area (Å²) in [6, 6.07) is 1.02. The molecule has 236 valence electrons. The Labute approximate surface area is 250 Å². The van der Waals surface area contributed by atoms with Gasteiger partial charge >= 0.3 is 12.3 Å². The molecular formula is C26H40F3N5O5S2Si. The maximum Gasteiger partial charge on any atom is 0.418 e. The van der Waals surface area contributed by atoms with Crippen molar-refractivity contribution in [1.82, 2.24) is 14.9 Å². The lowest BCUT2D eigenvalue weighted by Crippen LogP contribution is -2.47. The highest BCUT2D eigenvalue weighted by molar-refractivity contribution is 7.92. The SMILES string of the molecule is CN(c1cnc(S(=O)(=O)N(COCC[Si](C)(C)C)c2cscn2)cc1C(F)(F)F)C1CCN(C(=O)OC(C)(C)C)CC1. The highest BCUT2D eigenvalue weighted by atomic mass is 32.2. The molecule has 0 atom stereocenters. The highest BCUT2D eigenvalue weighted by Crippen LogP contribution is 2.39. The number of halogens is 3. The average molecular weight is 652 g/mol. The Bertz CT molecular complexity index is 1310. The van der Waals surface area contributed by atoms with Crippen LogP contribution in [-0.4, -0.2) is 82.6 Å². The molecule has 1 aliphatic heterocycles. The van der Waals surface area contributed by atoms with Crippen molar-refractivity contribution < 1.29 is 35.9 Å². The molecule has 1 amide bonds. The third kappa shape index (κ3) is 9.03. The van der Waals surface area contributed by atoms with E-state index >= 15 is 0 Å². The second kappa shape index (κ2) is 13.1. The van der Waals surface area contributed by atoms with Crippen molar-refractivity contribution in [3.05, 3.63) is 28.7 Å². The fraction of sp³-hybridized carbons (Fsp3) is 0.654. The van der Waals surface area contributed by atoms with E-state index in [9.17, 15) is 26.4 Å². The molecule has 0 N–H and O–H groups in total. The van der Waals surface area contributed by atoms with Crippen molar-refractivity contribution in [1.29, 1.82) is 0 Å². The number of nitrogens with zero attached hydrogens (tertiary/aromatic N) is 5. The van der Waals surface area contributed by atoms with Gasteiger partial charge in [0, 0.05) is 46.2 Å². The number of rotatable bonds is 10. The zero-order valence-electron chi connectivity index (χ0n) is 25.1. The van der Waals surface area contributed by atoms with E-state index in [1.165, 1.54) is 27.7 Å². The van der Waals surface area contributed by atoms with Crippen LogP contribution in [0.2, 0.25) is 25.7 Å². The molecule has 0 radical (unpaired) electrons. The summed E-state index contributed by atoms with van der Waals surface area (Å²) in [6.45, 7) is 12.3. The van der Waals surface area contributed by atoms with Crippen molar-refractivity contribution in [2.24, 2.45) is 0 Å². The maximum atomic E-state index is 14.3. The zero-order valence-corrected chi connectivity index (χ0v) is 27.7.